The molecule has 7 nitrogen and oxygen atoms in total. The van der Waals surface area contributed by atoms with Gasteiger partial charge < -0.3 is 10.2 Å². The van der Waals surface area contributed by atoms with Gasteiger partial charge in [0.15, 0.2) is 0 Å². The maximum absolute atomic E-state index is 14.5. The van der Waals surface area contributed by atoms with Gasteiger partial charge in [-0.2, -0.15) is 0 Å². The van der Waals surface area contributed by atoms with Crippen LogP contribution in [0, 0.1) is 0 Å². The standard InChI is InChI=1S/C34H33Cl4N3O4S/c1-2-3-19-39-34(43)31(20-24-11-6-4-7-12-24)40(22-25-17-18-26(35)21-29(25)37)32(42)23-41(30-16-10-15-28(36)33(30)38)46(44,45)27-13-8-5-9-14-27/h4-18,21,31H,2-3,19-20,22-23H2,1H3,(H,39,43). The summed E-state index contributed by atoms with van der Waals surface area (Å²) in [5.74, 6) is -1.04. The minimum Gasteiger partial charge on any atom is -0.354 e. The van der Waals surface area contributed by atoms with Crippen LogP contribution in [-0.2, 0) is 32.6 Å². The molecule has 242 valence electrons. The maximum Gasteiger partial charge on any atom is 0.264 e. The number of anilines is 1. The Morgan fingerprint density at radius 3 is 2.15 bits per heavy atom. The van der Waals surface area contributed by atoms with E-state index in [1.165, 1.54) is 29.2 Å². The van der Waals surface area contributed by atoms with Crippen LogP contribution in [0.5, 0.6) is 0 Å². The number of sulfonamides is 1. The van der Waals surface area contributed by atoms with Gasteiger partial charge in [0.2, 0.25) is 11.8 Å². The average molecular weight is 722 g/mol. The van der Waals surface area contributed by atoms with E-state index in [2.05, 4.69) is 5.32 Å². The second-order valence-electron chi connectivity index (χ2n) is 10.5. The smallest absolute Gasteiger partial charge is 0.264 e. The molecule has 0 aliphatic heterocycles. The van der Waals surface area contributed by atoms with Gasteiger partial charge in [0.25, 0.3) is 10.0 Å². The first-order chi connectivity index (χ1) is 22.0. The number of nitrogens with one attached hydrogen (secondary N) is 1. The number of hydrogen-bond acceptors (Lipinski definition) is 4. The first kappa shape index (κ1) is 35.6. The van der Waals surface area contributed by atoms with Crippen LogP contribution in [0.2, 0.25) is 20.1 Å². The second kappa shape index (κ2) is 16.5. The summed E-state index contributed by atoms with van der Waals surface area (Å²) in [5, 5.41) is 3.72. The molecule has 0 heterocycles. The average Bonchev–Trinajstić information content (AvgIpc) is 3.04. The molecule has 12 heteroatoms. The summed E-state index contributed by atoms with van der Waals surface area (Å²) >= 11 is 25.6. The van der Waals surface area contributed by atoms with E-state index in [1.54, 1.807) is 42.5 Å². The van der Waals surface area contributed by atoms with Crippen LogP contribution in [0.3, 0.4) is 0 Å². The van der Waals surface area contributed by atoms with E-state index in [0.717, 1.165) is 22.7 Å². The van der Waals surface area contributed by atoms with Gasteiger partial charge in [0, 0.05) is 29.6 Å². The fourth-order valence-electron chi connectivity index (χ4n) is 4.81. The number of nitrogens with zero attached hydrogens (tertiary/aromatic N) is 2. The van der Waals surface area contributed by atoms with Crippen LogP contribution in [0.15, 0.2) is 102 Å². The Morgan fingerprint density at radius 1 is 0.826 bits per heavy atom. The zero-order chi connectivity index (χ0) is 33.3. The molecule has 0 aliphatic carbocycles. The maximum atomic E-state index is 14.5. The van der Waals surface area contributed by atoms with Crippen molar-refractivity contribution in [2.24, 2.45) is 0 Å². The molecule has 1 atom stereocenters. The summed E-state index contributed by atoms with van der Waals surface area (Å²) in [6.07, 6.45) is 1.77. The molecule has 0 aliphatic rings. The van der Waals surface area contributed by atoms with Crippen LogP contribution in [0.1, 0.15) is 30.9 Å². The van der Waals surface area contributed by atoms with E-state index >= 15 is 0 Å². The topological polar surface area (TPSA) is 86.8 Å². The number of hydrogen-bond donors (Lipinski definition) is 1. The number of unbranched alkanes of at least 4 members (excludes halogenated alkanes) is 1. The van der Waals surface area contributed by atoms with Gasteiger partial charge in [0.1, 0.15) is 12.6 Å². The lowest BCUT2D eigenvalue weighted by molar-refractivity contribution is -0.140. The largest absolute Gasteiger partial charge is 0.354 e. The van der Waals surface area contributed by atoms with Crippen LogP contribution < -0.4 is 9.62 Å². The second-order valence-corrected chi connectivity index (χ2v) is 14.0. The molecule has 0 saturated carbocycles. The predicted molar refractivity (Wildman–Crippen MR) is 186 cm³/mol. The Kier molecular flexibility index (Phi) is 12.8. The van der Waals surface area contributed by atoms with Crippen LogP contribution in [0.25, 0.3) is 0 Å². The first-order valence-electron chi connectivity index (χ1n) is 14.6. The van der Waals surface area contributed by atoms with E-state index in [0.29, 0.717) is 22.2 Å². The van der Waals surface area contributed by atoms with Crippen molar-refractivity contribution in [2.75, 3.05) is 17.4 Å². The van der Waals surface area contributed by atoms with Gasteiger partial charge in [-0.3, -0.25) is 13.9 Å². The zero-order valence-electron chi connectivity index (χ0n) is 25.0. The number of benzene rings is 4. The molecule has 4 rings (SSSR count). The minimum atomic E-state index is -4.33. The zero-order valence-corrected chi connectivity index (χ0v) is 28.8. The Morgan fingerprint density at radius 2 is 1.50 bits per heavy atom. The van der Waals surface area contributed by atoms with E-state index in [-0.39, 0.29) is 39.5 Å². The molecule has 1 N–H and O–H groups in total. The van der Waals surface area contributed by atoms with Crippen molar-refractivity contribution in [3.05, 3.63) is 128 Å². The van der Waals surface area contributed by atoms with Crippen molar-refractivity contribution in [2.45, 2.75) is 43.7 Å². The molecular formula is C34H33Cl4N3O4S. The molecule has 0 spiro atoms. The van der Waals surface area contributed by atoms with Crippen molar-refractivity contribution in [3.63, 3.8) is 0 Å². The first-order valence-corrected chi connectivity index (χ1v) is 17.5. The molecule has 0 saturated heterocycles. The van der Waals surface area contributed by atoms with Gasteiger partial charge in [-0.1, -0.05) is 120 Å². The van der Waals surface area contributed by atoms with Crippen molar-refractivity contribution in [1.29, 1.82) is 0 Å². The Labute approximate surface area is 290 Å². The Balaban J connectivity index is 1.83. The SMILES string of the molecule is CCCCNC(=O)C(Cc1ccccc1)N(Cc1ccc(Cl)cc1Cl)C(=O)CN(c1cccc(Cl)c1Cl)S(=O)(=O)c1ccccc1. The third kappa shape index (κ3) is 8.96. The molecule has 1 unspecified atom stereocenters. The van der Waals surface area contributed by atoms with Crippen molar-refractivity contribution < 1.29 is 18.0 Å². The lowest BCUT2D eigenvalue weighted by Gasteiger charge is -2.34. The number of rotatable bonds is 14. The summed E-state index contributed by atoms with van der Waals surface area (Å²) in [6.45, 7) is 1.64. The van der Waals surface area contributed by atoms with Crippen LogP contribution in [0.4, 0.5) is 5.69 Å². The quantitative estimate of drug-likeness (QED) is 0.134. The minimum absolute atomic E-state index is 0.0165. The molecule has 0 radical (unpaired) electrons. The van der Waals surface area contributed by atoms with E-state index in [4.69, 9.17) is 46.4 Å². The van der Waals surface area contributed by atoms with Gasteiger partial charge >= 0.3 is 0 Å². The van der Waals surface area contributed by atoms with Gasteiger partial charge in [0.05, 0.1) is 20.6 Å². The Hall–Kier alpha value is -3.27. The van der Waals surface area contributed by atoms with Gasteiger partial charge in [-0.05, 0) is 53.9 Å². The van der Waals surface area contributed by atoms with Crippen molar-refractivity contribution >= 4 is 73.9 Å². The predicted octanol–water partition coefficient (Wildman–Crippen LogP) is 8.05. The highest BCUT2D eigenvalue weighted by molar-refractivity contribution is 7.92. The number of amides is 2. The normalized spacial score (nSPS) is 11.9. The van der Waals surface area contributed by atoms with Gasteiger partial charge in [-0.25, -0.2) is 8.42 Å². The fourth-order valence-corrected chi connectivity index (χ4v) is 7.17. The lowest BCUT2D eigenvalue weighted by atomic mass is 10.0. The van der Waals surface area contributed by atoms with Gasteiger partial charge in [-0.15, -0.1) is 0 Å². The molecule has 2 amide bonds. The van der Waals surface area contributed by atoms with E-state index in [9.17, 15) is 18.0 Å². The van der Waals surface area contributed by atoms with Crippen LogP contribution in [-0.4, -0.2) is 44.3 Å². The molecule has 4 aromatic carbocycles. The lowest BCUT2D eigenvalue weighted by Crippen LogP contribution is -2.53. The highest BCUT2D eigenvalue weighted by atomic mass is 35.5. The van der Waals surface area contributed by atoms with E-state index < -0.39 is 28.5 Å². The van der Waals surface area contributed by atoms with Crippen molar-refractivity contribution in [3.8, 4) is 0 Å². The van der Waals surface area contributed by atoms with E-state index in [1.807, 2.05) is 37.3 Å². The molecule has 0 bridgehead atoms. The molecule has 0 aromatic heterocycles. The Bertz CT molecular complexity index is 1760. The number of carbonyl (C=O) groups excluding carboxylic acids is 2. The fraction of sp³-hybridized carbons (Fsp3) is 0.235. The third-order valence-corrected chi connectivity index (χ3v) is 10.4. The van der Waals surface area contributed by atoms with Crippen molar-refractivity contribution in [1.82, 2.24) is 10.2 Å². The molecule has 4 aromatic rings. The van der Waals surface area contributed by atoms with Crippen LogP contribution >= 0.6 is 46.4 Å². The molecule has 0 fully saturated rings. The highest BCUT2D eigenvalue weighted by Gasteiger charge is 2.35. The monoisotopic (exact) mass is 719 g/mol. The summed E-state index contributed by atoms with van der Waals surface area (Å²) in [6, 6.07) is 25.4. The number of carbonyl (C=O) groups is 2. The summed E-state index contributed by atoms with van der Waals surface area (Å²) in [4.78, 5) is 29.7. The highest BCUT2D eigenvalue weighted by Crippen LogP contribution is 2.36. The third-order valence-electron chi connectivity index (χ3n) is 7.27. The summed E-state index contributed by atoms with van der Waals surface area (Å²) in [7, 11) is -4.33. The summed E-state index contributed by atoms with van der Waals surface area (Å²) in [5.41, 5.74) is 1.35. The summed E-state index contributed by atoms with van der Waals surface area (Å²) < 4.78 is 29.1. The molecule has 46 heavy (non-hydrogen) atoms. The molecular weight excluding hydrogens is 688 g/mol. The number of halogens is 4.